The minimum atomic E-state index is -0.873. The molecule has 0 saturated carbocycles. The molecule has 0 amide bonds. The molecule has 0 saturated heterocycles. The number of hydrogen-bond donors (Lipinski definition) is 1. The van der Waals surface area contributed by atoms with Crippen LogP contribution < -0.4 is 0 Å². The van der Waals surface area contributed by atoms with E-state index in [1.54, 1.807) is 6.07 Å². The molecule has 1 N–H and O–H groups in total. The van der Waals surface area contributed by atoms with Crippen LogP contribution >= 0.6 is 0 Å². The summed E-state index contributed by atoms with van der Waals surface area (Å²) < 4.78 is 0. The maximum atomic E-state index is 12.7. The van der Waals surface area contributed by atoms with Gasteiger partial charge in [0, 0.05) is 16.5 Å². The van der Waals surface area contributed by atoms with Crippen molar-refractivity contribution in [2.75, 3.05) is 0 Å². The van der Waals surface area contributed by atoms with Gasteiger partial charge < -0.3 is 5.11 Å². The Morgan fingerprint density at radius 1 is 0.864 bits per heavy atom. The number of ketones is 1. The monoisotopic (exact) mass is 288 g/mol. The number of aliphatic carboxylic acids is 1. The molecule has 0 aliphatic heterocycles. The maximum absolute atomic E-state index is 12.7. The summed E-state index contributed by atoms with van der Waals surface area (Å²) in [5, 5.41) is 11.0. The highest BCUT2D eigenvalue weighted by Gasteiger charge is 2.26. The second-order valence-corrected chi connectivity index (χ2v) is 5.45. The Morgan fingerprint density at radius 3 is 2.36 bits per heavy atom. The Hall–Kier alpha value is -2.94. The number of fused-ring (bicyclic) bond motifs is 2. The molecule has 0 radical (unpaired) electrons. The van der Waals surface area contributed by atoms with Gasteiger partial charge >= 0.3 is 5.97 Å². The van der Waals surface area contributed by atoms with Crippen LogP contribution in [0.4, 0.5) is 0 Å². The number of hydrogen-bond acceptors (Lipinski definition) is 2. The van der Waals surface area contributed by atoms with E-state index >= 15 is 0 Å². The van der Waals surface area contributed by atoms with Crippen LogP contribution in [0.3, 0.4) is 0 Å². The maximum Gasteiger partial charge on any atom is 0.307 e. The molecule has 0 atom stereocenters. The molecule has 0 bridgehead atoms. The van der Waals surface area contributed by atoms with E-state index in [0.29, 0.717) is 11.1 Å². The highest BCUT2D eigenvalue weighted by Crippen LogP contribution is 2.41. The van der Waals surface area contributed by atoms with Crippen molar-refractivity contribution in [1.29, 1.82) is 0 Å². The molecule has 22 heavy (non-hydrogen) atoms. The van der Waals surface area contributed by atoms with Crippen molar-refractivity contribution in [3.05, 3.63) is 71.3 Å². The van der Waals surface area contributed by atoms with Crippen LogP contribution in [0.25, 0.3) is 21.9 Å². The van der Waals surface area contributed by atoms with Crippen molar-refractivity contribution >= 4 is 22.5 Å². The van der Waals surface area contributed by atoms with Crippen molar-refractivity contribution in [3.8, 4) is 11.1 Å². The summed E-state index contributed by atoms with van der Waals surface area (Å²) in [5.74, 6) is -0.872. The topological polar surface area (TPSA) is 54.4 Å². The number of benzene rings is 3. The summed E-state index contributed by atoms with van der Waals surface area (Å²) in [4.78, 5) is 23.9. The third kappa shape index (κ3) is 1.69. The summed E-state index contributed by atoms with van der Waals surface area (Å²) >= 11 is 0. The van der Waals surface area contributed by atoms with Gasteiger partial charge in [-0.05, 0) is 22.1 Å². The molecule has 0 unspecified atom stereocenters. The van der Waals surface area contributed by atoms with Crippen LogP contribution in [-0.2, 0) is 11.2 Å². The van der Waals surface area contributed by atoms with Crippen LogP contribution in [0.15, 0.2) is 54.6 Å². The fourth-order valence-electron chi connectivity index (χ4n) is 3.27. The molecular formula is C19H12O3. The first-order valence-electron chi connectivity index (χ1n) is 7.07. The average molecular weight is 288 g/mol. The molecule has 3 heteroatoms. The predicted octanol–water partition coefficient (Wildman–Crippen LogP) is 3.68. The van der Waals surface area contributed by atoms with Crippen molar-refractivity contribution < 1.29 is 14.7 Å². The SMILES string of the molecule is O=C(O)Cc1ccc2cccc3c2c1-c1ccccc1C3=O. The highest BCUT2D eigenvalue weighted by atomic mass is 16.4. The summed E-state index contributed by atoms with van der Waals surface area (Å²) in [6.07, 6.45) is -0.0534. The normalized spacial score (nSPS) is 12.3. The van der Waals surface area contributed by atoms with E-state index in [1.807, 2.05) is 48.5 Å². The second-order valence-electron chi connectivity index (χ2n) is 5.45. The van der Waals surface area contributed by atoms with E-state index < -0.39 is 5.97 Å². The van der Waals surface area contributed by atoms with Gasteiger partial charge in [-0.2, -0.15) is 0 Å². The van der Waals surface area contributed by atoms with Crippen molar-refractivity contribution in [2.45, 2.75) is 6.42 Å². The minimum Gasteiger partial charge on any atom is -0.481 e. The molecule has 0 heterocycles. The van der Waals surface area contributed by atoms with Gasteiger partial charge in [0.2, 0.25) is 0 Å². The standard InChI is InChI=1S/C19H12O3/c20-16(21)10-12-9-8-11-4-3-7-15-17(11)18(12)13-5-1-2-6-14(13)19(15)22/h1-9H,10H2,(H,20,21). The fourth-order valence-corrected chi connectivity index (χ4v) is 3.27. The molecule has 3 aromatic rings. The second kappa shape index (κ2) is 4.53. The van der Waals surface area contributed by atoms with E-state index in [4.69, 9.17) is 0 Å². The zero-order valence-corrected chi connectivity index (χ0v) is 11.7. The smallest absolute Gasteiger partial charge is 0.307 e. The number of rotatable bonds is 2. The number of carboxylic acids is 1. The zero-order chi connectivity index (χ0) is 15.3. The molecule has 1 aliphatic rings. The summed E-state index contributed by atoms with van der Waals surface area (Å²) in [5.41, 5.74) is 3.74. The van der Waals surface area contributed by atoms with Gasteiger partial charge in [0.25, 0.3) is 0 Å². The van der Waals surface area contributed by atoms with E-state index in [9.17, 15) is 14.7 Å². The lowest BCUT2D eigenvalue weighted by molar-refractivity contribution is -0.136. The van der Waals surface area contributed by atoms with E-state index in [1.165, 1.54) is 0 Å². The van der Waals surface area contributed by atoms with E-state index in [2.05, 4.69) is 0 Å². The largest absolute Gasteiger partial charge is 0.481 e. The van der Waals surface area contributed by atoms with E-state index in [0.717, 1.165) is 27.5 Å². The van der Waals surface area contributed by atoms with Gasteiger partial charge in [-0.1, -0.05) is 54.6 Å². The summed E-state index contributed by atoms with van der Waals surface area (Å²) in [6, 6.07) is 16.8. The lowest BCUT2D eigenvalue weighted by Crippen LogP contribution is -2.12. The molecule has 106 valence electrons. The van der Waals surface area contributed by atoms with E-state index in [-0.39, 0.29) is 12.2 Å². The Kier molecular flexibility index (Phi) is 2.63. The van der Waals surface area contributed by atoms with Crippen LogP contribution in [0.1, 0.15) is 21.5 Å². The van der Waals surface area contributed by atoms with Crippen molar-refractivity contribution in [1.82, 2.24) is 0 Å². The first-order valence-corrected chi connectivity index (χ1v) is 7.07. The average Bonchev–Trinajstić information content (AvgIpc) is 2.52. The Bertz CT molecular complexity index is 954. The van der Waals surface area contributed by atoms with Gasteiger partial charge in [0.1, 0.15) is 0 Å². The molecule has 0 aromatic heterocycles. The molecule has 0 spiro atoms. The predicted molar refractivity (Wildman–Crippen MR) is 84.2 cm³/mol. The van der Waals surface area contributed by atoms with Gasteiger partial charge in [0.15, 0.2) is 5.78 Å². The zero-order valence-electron chi connectivity index (χ0n) is 11.7. The van der Waals surface area contributed by atoms with Crippen LogP contribution in [-0.4, -0.2) is 16.9 Å². The number of carboxylic acid groups (broad SMARTS) is 1. The first kappa shape index (κ1) is 12.8. The number of carbonyl (C=O) groups excluding carboxylic acids is 1. The molecule has 4 rings (SSSR count). The molecule has 1 aliphatic carbocycles. The lowest BCUT2D eigenvalue weighted by Gasteiger charge is -2.22. The molecule has 0 fully saturated rings. The minimum absolute atomic E-state index is 0.00109. The van der Waals surface area contributed by atoms with Crippen LogP contribution in [0.5, 0.6) is 0 Å². The Labute approximate surface area is 126 Å². The summed E-state index contributed by atoms with van der Waals surface area (Å²) in [7, 11) is 0. The third-order valence-corrected chi connectivity index (χ3v) is 4.16. The van der Waals surface area contributed by atoms with Crippen LogP contribution in [0, 0.1) is 0 Å². The van der Waals surface area contributed by atoms with Crippen molar-refractivity contribution in [2.24, 2.45) is 0 Å². The Morgan fingerprint density at radius 2 is 1.59 bits per heavy atom. The molecule has 3 aromatic carbocycles. The Balaban J connectivity index is 2.19. The number of carbonyl (C=O) groups is 2. The molecule has 3 nitrogen and oxygen atoms in total. The molecular weight excluding hydrogens is 276 g/mol. The van der Waals surface area contributed by atoms with Crippen LogP contribution in [0.2, 0.25) is 0 Å². The van der Waals surface area contributed by atoms with Gasteiger partial charge in [-0.25, -0.2) is 0 Å². The highest BCUT2D eigenvalue weighted by molar-refractivity contribution is 6.26. The third-order valence-electron chi connectivity index (χ3n) is 4.16. The summed E-state index contributed by atoms with van der Waals surface area (Å²) in [6.45, 7) is 0. The van der Waals surface area contributed by atoms with Gasteiger partial charge in [0.05, 0.1) is 6.42 Å². The van der Waals surface area contributed by atoms with Crippen molar-refractivity contribution in [3.63, 3.8) is 0 Å². The fraction of sp³-hybridized carbons (Fsp3) is 0.0526. The van der Waals surface area contributed by atoms with Gasteiger partial charge in [-0.15, -0.1) is 0 Å². The first-order chi connectivity index (χ1) is 10.7. The van der Waals surface area contributed by atoms with Gasteiger partial charge in [-0.3, -0.25) is 9.59 Å². The quantitative estimate of drug-likeness (QED) is 0.612. The lowest BCUT2D eigenvalue weighted by atomic mass is 9.80.